The normalized spacial score (nSPS) is 19.0. The summed E-state index contributed by atoms with van der Waals surface area (Å²) in [6.07, 6.45) is 8.90. The van der Waals surface area contributed by atoms with Crippen molar-refractivity contribution in [3.63, 3.8) is 0 Å². The van der Waals surface area contributed by atoms with Crippen LogP contribution in [0.15, 0.2) is 18.6 Å². The summed E-state index contributed by atoms with van der Waals surface area (Å²) in [4.78, 5) is 19.6. The lowest BCUT2D eigenvalue weighted by Crippen LogP contribution is -2.45. The number of likely N-dealkylation sites (tertiary alicyclic amines) is 1. The maximum Gasteiger partial charge on any atom is 0.265 e. The molecule has 2 aromatic rings. The number of hydrogen-bond acceptors (Lipinski definition) is 4. The van der Waals surface area contributed by atoms with Crippen LogP contribution in [0, 0.1) is 13.8 Å². The summed E-state index contributed by atoms with van der Waals surface area (Å²) in [5, 5.41) is 5.29. The third-order valence-corrected chi connectivity index (χ3v) is 4.78. The van der Waals surface area contributed by atoms with Crippen LogP contribution in [0.25, 0.3) is 0 Å². The maximum absolute atomic E-state index is 12.7. The molecule has 2 aromatic heterocycles. The Morgan fingerprint density at radius 2 is 2.24 bits per heavy atom. The molecule has 0 radical (unpaired) electrons. The molecular weight excluding hydrogens is 284 g/mol. The number of aromatic nitrogens is 3. The summed E-state index contributed by atoms with van der Waals surface area (Å²) in [6, 6.07) is 0.230. The van der Waals surface area contributed by atoms with Crippen molar-refractivity contribution < 1.29 is 4.79 Å². The van der Waals surface area contributed by atoms with Crippen LogP contribution >= 0.6 is 11.3 Å². The molecule has 0 aliphatic carbocycles. The average Bonchev–Trinajstić information content (AvgIpc) is 3.08. The van der Waals surface area contributed by atoms with E-state index in [0.29, 0.717) is 0 Å². The number of nitrogens with zero attached hydrogens (tertiary/aromatic N) is 4. The number of carbonyl (C=O) groups excluding carboxylic acids is 1. The van der Waals surface area contributed by atoms with E-state index in [-0.39, 0.29) is 11.9 Å². The van der Waals surface area contributed by atoms with Gasteiger partial charge in [-0.1, -0.05) is 0 Å². The molecule has 5 nitrogen and oxygen atoms in total. The number of aryl methyl sites for hydroxylation is 2. The van der Waals surface area contributed by atoms with Crippen LogP contribution < -0.4 is 0 Å². The largest absolute Gasteiger partial charge is 0.333 e. The summed E-state index contributed by atoms with van der Waals surface area (Å²) >= 11 is 1.48. The third-order valence-electron chi connectivity index (χ3n) is 3.88. The molecule has 1 atom stereocenters. The molecular formula is C15H20N4OS. The van der Waals surface area contributed by atoms with Crippen LogP contribution in [0.3, 0.4) is 0 Å². The first-order chi connectivity index (χ1) is 10.1. The first-order valence-electron chi connectivity index (χ1n) is 7.36. The Morgan fingerprint density at radius 1 is 1.38 bits per heavy atom. The Hall–Kier alpha value is -1.69. The average molecular weight is 304 g/mol. The lowest BCUT2D eigenvalue weighted by molar-refractivity contribution is 0.0588. The molecule has 1 aliphatic rings. The van der Waals surface area contributed by atoms with Gasteiger partial charge >= 0.3 is 0 Å². The van der Waals surface area contributed by atoms with Crippen molar-refractivity contribution >= 4 is 17.2 Å². The maximum atomic E-state index is 12.7. The van der Waals surface area contributed by atoms with E-state index >= 15 is 0 Å². The first kappa shape index (κ1) is 14.3. The number of amides is 1. The van der Waals surface area contributed by atoms with Gasteiger partial charge in [-0.2, -0.15) is 5.10 Å². The number of piperidine rings is 1. The Morgan fingerprint density at radius 3 is 2.90 bits per heavy atom. The smallest absolute Gasteiger partial charge is 0.265 e. The van der Waals surface area contributed by atoms with Crippen molar-refractivity contribution in [1.82, 2.24) is 19.7 Å². The zero-order valence-electron chi connectivity index (χ0n) is 12.5. The lowest BCUT2D eigenvalue weighted by atomic mass is 10.0. The number of carbonyl (C=O) groups is 1. The van der Waals surface area contributed by atoms with Crippen molar-refractivity contribution in [2.75, 3.05) is 6.54 Å². The molecule has 112 valence electrons. The zero-order valence-corrected chi connectivity index (χ0v) is 13.3. The highest BCUT2D eigenvalue weighted by Crippen LogP contribution is 2.23. The summed E-state index contributed by atoms with van der Waals surface area (Å²) < 4.78 is 1.95. The van der Waals surface area contributed by atoms with Crippen LogP contribution in [0.4, 0.5) is 0 Å². The van der Waals surface area contributed by atoms with Crippen LogP contribution in [-0.2, 0) is 6.54 Å². The van der Waals surface area contributed by atoms with Crippen LogP contribution in [-0.4, -0.2) is 38.2 Å². The minimum absolute atomic E-state index is 0.120. The van der Waals surface area contributed by atoms with Gasteiger partial charge in [-0.3, -0.25) is 9.48 Å². The molecule has 0 aromatic carbocycles. The molecule has 1 amide bonds. The monoisotopic (exact) mass is 304 g/mol. The summed E-state index contributed by atoms with van der Waals surface area (Å²) in [7, 11) is 0. The highest BCUT2D eigenvalue weighted by molar-refractivity contribution is 7.13. The molecule has 1 fully saturated rings. The van der Waals surface area contributed by atoms with Crippen LogP contribution in [0.2, 0.25) is 0 Å². The third kappa shape index (κ3) is 3.15. The molecule has 3 rings (SSSR count). The van der Waals surface area contributed by atoms with Gasteiger partial charge < -0.3 is 4.90 Å². The van der Waals surface area contributed by atoms with E-state index in [1.807, 2.05) is 35.8 Å². The first-order valence-corrected chi connectivity index (χ1v) is 8.17. The second-order valence-corrected chi connectivity index (χ2v) is 6.87. The molecule has 0 spiro atoms. The van der Waals surface area contributed by atoms with Crippen molar-refractivity contribution in [3.05, 3.63) is 34.0 Å². The fourth-order valence-electron chi connectivity index (χ4n) is 2.84. The Kier molecular flexibility index (Phi) is 4.05. The Bertz CT molecular complexity index is 633. The highest BCUT2D eigenvalue weighted by atomic mass is 32.1. The second kappa shape index (κ2) is 5.97. The van der Waals surface area contributed by atoms with Gasteiger partial charge in [0.25, 0.3) is 5.91 Å². The van der Waals surface area contributed by atoms with E-state index in [9.17, 15) is 4.79 Å². The van der Waals surface area contributed by atoms with Gasteiger partial charge in [0.15, 0.2) is 0 Å². The number of hydrogen-bond donors (Lipinski definition) is 0. The molecule has 6 heteroatoms. The van der Waals surface area contributed by atoms with E-state index in [2.05, 4.69) is 10.1 Å². The fraction of sp³-hybridized carbons (Fsp3) is 0.533. The topological polar surface area (TPSA) is 51.0 Å². The minimum atomic E-state index is 0.120. The van der Waals surface area contributed by atoms with Gasteiger partial charge in [-0.15, -0.1) is 11.3 Å². The zero-order chi connectivity index (χ0) is 14.8. The molecule has 1 saturated heterocycles. The molecule has 21 heavy (non-hydrogen) atoms. The number of rotatable bonds is 3. The van der Waals surface area contributed by atoms with E-state index in [1.54, 1.807) is 6.20 Å². The highest BCUT2D eigenvalue weighted by Gasteiger charge is 2.28. The molecule has 1 unspecified atom stereocenters. The predicted molar refractivity (Wildman–Crippen MR) is 82.5 cm³/mol. The van der Waals surface area contributed by atoms with E-state index in [1.165, 1.54) is 17.8 Å². The van der Waals surface area contributed by atoms with Crippen molar-refractivity contribution in [3.8, 4) is 0 Å². The van der Waals surface area contributed by atoms with Gasteiger partial charge in [0.1, 0.15) is 4.88 Å². The van der Waals surface area contributed by atoms with Crippen molar-refractivity contribution in [2.45, 2.75) is 45.7 Å². The minimum Gasteiger partial charge on any atom is -0.333 e. The van der Waals surface area contributed by atoms with Gasteiger partial charge in [-0.25, -0.2) is 4.98 Å². The predicted octanol–water partition coefficient (Wildman–Crippen LogP) is 2.65. The van der Waals surface area contributed by atoms with Crippen LogP contribution in [0.1, 0.15) is 39.5 Å². The summed E-state index contributed by atoms with van der Waals surface area (Å²) in [5.41, 5.74) is 1.15. The molecule has 0 bridgehead atoms. The van der Waals surface area contributed by atoms with E-state index in [0.717, 1.165) is 41.4 Å². The quantitative estimate of drug-likeness (QED) is 0.876. The second-order valence-electron chi connectivity index (χ2n) is 5.63. The van der Waals surface area contributed by atoms with Gasteiger partial charge in [0.05, 0.1) is 30.0 Å². The Labute approximate surface area is 128 Å². The molecule has 1 aliphatic heterocycles. The number of thiazole rings is 1. The van der Waals surface area contributed by atoms with Crippen molar-refractivity contribution in [1.29, 1.82) is 0 Å². The lowest BCUT2D eigenvalue weighted by Gasteiger charge is -2.35. The van der Waals surface area contributed by atoms with Crippen molar-refractivity contribution in [2.24, 2.45) is 0 Å². The van der Waals surface area contributed by atoms with Gasteiger partial charge in [-0.05, 0) is 38.7 Å². The van der Waals surface area contributed by atoms with E-state index < -0.39 is 0 Å². The summed E-state index contributed by atoms with van der Waals surface area (Å²) in [6.45, 7) is 5.58. The fourth-order valence-corrected chi connectivity index (χ4v) is 3.58. The molecule has 0 saturated carbocycles. The van der Waals surface area contributed by atoms with Gasteiger partial charge in [0, 0.05) is 12.7 Å². The van der Waals surface area contributed by atoms with Gasteiger partial charge in [0.2, 0.25) is 0 Å². The van der Waals surface area contributed by atoms with E-state index in [4.69, 9.17) is 0 Å². The Balaban J connectivity index is 1.76. The van der Waals surface area contributed by atoms with Crippen LogP contribution in [0.5, 0.6) is 0 Å². The SMILES string of the molecule is Cc1cnn(CC2CCCCN2C(=O)c2cnc(C)s2)c1. The molecule has 3 heterocycles. The summed E-state index contributed by atoms with van der Waals surface area (Å²) in [5.74, 6) is 0.120. The molecule has 0 N–H and O–H groups in total. The standard InChI is InChI=1S/C15H20N4OS/c1-11-7-17-18(9-11)10-13-5-3-4-6-19(13)15(20)14-8-16-12(2)21-14/h7-9,13H,3-6,10H2,1-2H3.